The van der Waals surface area contributed by atoms with E-state index >= 15 is 0 Å². The number of fused-ring (bicyclic) bond motifs is 1. The van der Waals surface area contributed by atoms with Gasteiger partial charge in [-0.25, -0.2) is 0 Å². The highest BCUT2D eigenvalue weighted by molar-refractivity contribution is 6.42. The number of nitrogens with one attached hydrogen (secondary N) is 1. The van der Waals surface area contributed by atoms with E-state index in [4.69, 9.17) is 32.7 Å². The maximum Gasteiger partial charge on any atom is 0.224 e. The summed E-state index contributed by atoms with van der Waals surface area (Å²) < 4.78 is 11.0. The van der Waals surface area contributed by atoms with Gasteiger partial charge in [-0.05, 0) is 24.1 Å². The minimum Gasteiger partial charge on any atom is -0.384 e. The normalized spacial score (nSPS) is 29.8. The van der Waals surface area contributed by atoms with E-state index in [1.807, 2.05) is 6.07 Å². The van der Waals surface area contributed by atoms with Crippen LogP contribution in [0.25, 0.3) is 0 Å². The van der Waals surface area contributed by atoms with Gasteiger partial charge in [0, 0.05) is 31.6 Å². The highest BCUT2D eigenvalue weighted by atomic mass is 35.5. The fraction of sp³-hybridized carbons (Fsp3) is 0.562. The van der Waals surface area contributed by atoms with Crippen molar-refractivity contribution in [3.05, 3.63) is 33.8 Å². The largest absolute Gasteiger partial charge is 0.384 e. The molecule has 2 aliphatic rings. The van der Waals surface area contributed by atoms with Gasteiger partial charge < -0.3 is 14.8 Å². The van der Waals surface area contributed by atoms with Crippen LogP contribution in [0.5, 0.6) is 0 Å². The van der Waals surface area contributed by atoms with Crippen molar-refractivity contribution in [3.63, 3.8) is 0 Å². The third-order valence-electron chi connectivity index (χ3n) is 4.56. The van der Waals surface area contributed by atoms with E-state index < -0.39 is 0 Å². The number of methoxy groups -OCH3 is 1. The van der Waals surface area contributed by atoms with Gasteiger partial charge in [0.1, 0.15) is 0 Å². The van der Waals surface area contributed by atoms with Crippen molar-refractivity contribution in [2.75, 3.05) is 20.3 Å². The van der Waals surface area contributed by atoms with Crippen LogP contribution in [0.4, 0.5) is 0 Å². The smallest absolute Gasteiger partial charge is 0.224 e. The third kappa shape index (κ3) is 3.11. The molecule has 1 heterocycles. The molecular weight excluding hydrogens is 325 g/mol. The first-order chi connectivity index (χ1) is 10.6. The Bertz CT molecular complexity index is 566. The van der Waals surface area contributed by atoms with Crippen LogP contribution in [-0.4, -0.2) is 38.4 Å². The van der Waals surface area contributed by atoms with Crippen LogP contribution in [0.2, 0.25) is 10.0 Å². The highest BCUT2D eigenvalue weighted by Crippen LogP contribution is 2.43. The first-order valence-electron chi connectivity index (χ1n) is 7.44. The van der Waals surface area contributed by atoms with Crippen molar-refractivity contribution < 1.29 is 14.3 Å². The van der Waals surface area contributed by atoms with Crippen molar-refractivity contribution in [1.29, 1.82) is 0 Å². The summed E-state index contributed by atoms with van der Waals surface area (Å²) in [4.78, 5) is 12.3. The van der Waals surface area contributed by atoms with E-state index in [1.54, 1.807) is 19.2 Å². The summed E-state index contributed by atoms with van der Waals surface area (Å²) in [6.07, 6.45) is 1.53. The van der Waals surface area contributed by atoms with Crippen LogP contribution in [0.15, 0.2) is 18.2 Å². The van der Waals surface area contributed by atoms with Gasteiger partial charge in [0.15, 0.2) is 0 Å². The molecule has 22 heavy (non-hydrogen) atoms. The number of hydrogen-bond acceptors (Lipinski definition) is 3. The molecule has 120 valence electrons. The predicted octanol–water partition coefficient (Wildman–Crippen LogP) is 2.70. The van der Waals surface area contributed by atoms with Gasteiger partial charge >= 0.3 is 0 Å². The fourth-order valence-corrected chi connectivity index (χ4v) is 3.83. The maximum absolute atomic E-state index is 12.3. The lowest BCUT2D eigenvalue weighted by molar-refractivity contribution is -0.129. The lowest BCUT2D eigenvalue weighted by atomic mass is 9.67. The minimum absolute atomic E-state index is 0.00478. The summed E-state index contributed by atoms with van der Waals surface area (Å²) in [6, 6.07) is 5.41. The summed E-state index contributed by atoms with van der Waals surface area (Å²) in [6.45, 7) is 1.38. The number of benzene rings is 1. The topological polar surface area (TPSA) is 47.6 Å². The SMILES string of the molecule is COC[C@@H]1[C@H](NC(=O)Cc2ccc(Cl)c(Cl)c2)[C@@H]2CCO[C@H]12. The van der Waals surface area contributed by atoms with E-state index in [9.17, 15) is 4.79 Å². The molecule has 1 N–H and O–H groups in total. The Balaban J connectivity index is 1.60. The number of carbonyl (C=O) groups excluding carboxylic acids is 1. The molecule has 1 aromatic carbocycles. The van der Waals surface area contributed by atoms with Gasteiger partial charge in [-0.15, -0.1) is 0 Å². The first-order valence-corrected chi connectivity index (χ1v) is 8.19. The van der Waals surface area contributed by atoms with Crippen LogP contribution in [0.3, 0.4) is 0 Å². The lowest BCUT2D eigenvalue weighted by Crippen LogP contribution is -2.62. The van der Waals surface area contributed by atoms with E-state index in [0.29, 0.717) is 29.0 Å². The molecule has 3 rings (SSSR count). The van der Waals surface area contributed by atoms with Crippen LogP contribution in [-0.2, 0) is 20.7 Å². The summed E-state index contributed by atoms with van der Waals surface area (Å²) in [5.74, 6) is 0.656. The predicted molar refractivity (Wildman–Crippen MR) is 85.3 cm³/mol. The number of amides is 1. The average Bonchev–Trinajstić information content (AvgIpc) is 2.91. The molecular formula is C16H19Cl2NO3. The zero-order valence-electron chi connectivity index (χ0n) is 12.4. The zero-order chi connectivity index (χ0) is 15.7. The Morgan fingerprint density at radius 3 is 2.95 bits per heavy atom. The molecule has 0 aromatic heterocycles. The molecule has 4 atom stereocenters. The molecule has 0 spiro atoms. The number of ether oxygens (including phenoxy) is 2. The van der Waals surface area contributed by atoms with E-state index in [0.717, 1.165) is 18.6 Å². The Labute approximate surface area is 140 Å². The minimum atomic E-state index is -0.00478. The Kier molecular flexibility index (Phi) is 4.93. The standard InChI is InChI=1S/C16H19Cl2NO3/c1-21-8-11-15(10-4-5-22-16(10)11)19-14(20)7-9-2-3-12(17)13(18)6-9/h2-3,6,10-11,15-16H,4-5,7-8H2,1H3,(H,19,20)/t10-,11+,15+,16-/m0/s1. The fourth-order valence-electron chi connectivity index (χ4n) is 3.51. The molecule has 4 nitrogen and oxygen atoms in total. The van der Waals surface area contributed by atoms with E-state index in [-0.39, 0.29) is 24.0 Å². The summed E-state index contributed by atoms with van der Waals surface area (Å²) in [5.41, 5.74) is 0.855. The van der Waals surface area contributed by atoms with Crippen LogP contribution in [0.1, 0.15) is 12.0 Å². The van der Waals surface area contributed by atoms with Crippen LogP contribution < -0.4 is 5.32 Å². The second kappa shape index (κ2) is 6.75. The average molecular weight is 344 g/mol. The molecule has 0 bridgehead atoms. The summed E-state index contributed by atoms with van der Waals surface area (Å²) >= 11 is 11.9. The van der Waals surface area contributed by atoms with Gasteiger partial charge in [-0.3, -0.25) is 4.79 Å². The molecule has 0 unspecified atom stereocenters. The summed E-state index contributed by atoms with van der Waals surface area (Å²) in [5, 5.41) is 4.10. The molecule has 6 heteroatoms. The van der Waals surface area contributed by atoms with Gasteiger partial charge in [0.05, 0.1) is 29.2 Å². The Hall–Kier alpha value is -0.810. The third-order valence-corrected chi connectivity index (χ3v) is 5.30. The van der Waals surface area contributed by atoms with Crippen molar-refractivity contribution in [2.45, 2.75) is 25.0 Å². The summed E-state index contributed by atoms with van der Waals surface area (Å²) in [7, 11) is 1.68. The van der Waals surface area contributed by atoms with Crippen molar-refractivity contribution >= 4 is 29.1 Å². The molecule has 1 amide bonds. The number of halogens is 2. The molecule has 2 fully saturated rings. The van der Waals surface area contributed by atoms with Crippen molar-refractivity contribution in [1.82, 2.24) is 5.32 Å². The van der Waals surface area contributed by atoms with Crippen molar-refractivity contribution in [3.8, 4) is 0 Å². The van der Waals surface area contributed by atoms with Crippen LogP contribution in [0, 0.1) is 11.8 Å². The number of rotatable bonds is 5. The molecule has 1 aliphatic heterocycles. The van der Waals surface area contributed by atoms with Gasteiger partial charge in [-0.1, -0.05) is 29.3 Å². The van der Waals surface area contributed by atoms with Gasteiger partial charge in [0.25, 0.3) is 0 Å². The van der Waals surface area contributed by atoms with E-state index in [2.05, 4.69) is 5.32 Å². The van der Waals surface area contributed by atoms with Crippen LogP contribution >= 0.6 is 23.2 Å². The quantitative estimate of drug-likeness (QED) is 0.894. The molecule has 1 aromatic rings. The monoisotopic (exact) mass is 343 g/mol. The molecule has 0 radical (unpaired) electrons. The lowest BCUT2D eigenvalue weighted by Gasteiger charge is -2.47. The zero-order valence-corrected chi connectivity index (χ0v) is 13.9. The maximum atomic E-state index is 12.3. The second-order valence-corrected chi connectivity index (χ2v) is 6.74. The number of carbonyl (C=O) groups is 1. The van der Waals surface area contributed by atoms with E-state index in [1.165, 1.54) is 0 Å². The highest BCUT2D eigenvalue weighted by Gasteiger charge is 2.54. The Morgan fingerprint density at radius 1 is 1.41 bits per heavy atom. The van der Waals surface area contributed by atoms with Crippen molar-refractivity contribution in [2.24, 2.45) is 11.8 Å². The number of hydrogen-bond donors (Lipinski definition) is 1. The van der Waals surface area contributed by atoms with Gasteiger partial charge in [-0.2, -0.15) is 0 Å². The molecule has 1 aliphatic carbocycles. The molecule has 1 saturated carbocycles. The second-order valence-electron chi connectivity index (χ2n) is 5.93. The van der Waals surface area contributed by atoms with Gasteiger partial charge in [0.2, 0.25) is 5.91 Å². The first kappa shape index (κ1) is 16.1. The molecule has 1 saturated heterocycles. The Morgan fingerprint density at radius 2 is 2.23 bits per heavy atom.